The van der Waals surface area contributed by atoms with E-state index in [1.807, 2.05) is 29.2 Å². The van der Waals surface area contributed by atoms with Crippen LogP contribution in [0, 0.1) is 5.92 Å². The Hall–Kier alpha value is -1.55. The van der Waals surface area contributed by atoms with Gasteiger partial charge in [-0.25, -0.2) is 0 Å². The molecule has 4 heteroatoms. The van der Waals surface area contributed by atoms with Gasteiger partial charge >= 0.3 is 0 Å². The number of hydrogen-bond acceptors (Lipinski definition) is 3. The van der Waals surface area contributed by atoms with E-state index in [2.05, 4.69) is 6.92 Å². The Morgan fingerprint density at radius 2 is 2.35 bits per heavy atom. The molecule has 4 nitrogen and oxygen atoms in total. The molecule has 1 heterocycles. The van der Waals surface area contributed by atoms with Crippen LogP contribution < -0.4 is 10.5 Å². The summed E-state index contributed by atoms with van der Waals surface area (Å²) >= 11 is 0. The molecule has 2 unspecified atom stereocenters. The van der Waals surface area contributed by atoms with Crippen LogP contribution in [0.2, 0.25) is 0 Å². The van der Waals surface area contributed by atoms with Crippen molar-refractivity contribution < 1.29 is 9.53 Å². The van der Waals surface area contributed by atoms with Gasteiger partial charge in [0, 0.05) is 19.5 Å². The summed E-state index contributed by atoms with van der Waals surface area (Å²) in [5.41, 5.74) is 6.81. The Balaban J connectivity index is 1.93. The summed E-state index contributed by atoms with van der Waals surface area (Å²) in [4.78, 5) is 14.3. The van der Waals surface area contributed by atoms with Crippen molar-refractivity contribution in [1.82, 2.24) is 4.90 Å². The smallest absolute Gasteiger partial charge is 0.223 e. The fourth-order valence-corrected chi connectivity index (χ4v) is 2.71. The molecule has 0 aliphatic carbocycles. The molecule has 1 aliphatic rings. The van der Waals surface area contributed by atoms with E-state index in [0.29, 0.717) is 18.9 Å². The van der Waals surface area contributed by atoms with Gasteiger partial charge in [-0.05, 0) is 42.5 Å². The normalized spacial score (nSPS) is 19.9. The van der Waals surface area contributed by atoms with E-state index in [-0.39, 0.29) is 11.8 Å². The molecule has 1 saturated heterocycles. The monoisotopic (exact) mass is 276 g/mol. The molecular formula is C16H24N2O2. The van der Waals surface area contributed by atoms with E-state index in [4.69, 9.17) is 10.5 Å². The lowest BCUT2D eigenvalue weighted by Gasteiger charge is -2.19. The Bertz CT molecular complexity index is 462. The number of likely N-dealkylation sites (tertiary alicyclic amines) is 1. The van der Waals surface area contributed by atoms with Crippen LogP contribution in [-0.4, -0.2) is 37.6 Å². The van der Waals surface area contributed by atoms with Crippen molar-refractivity contribution in [3.05, 3.63) is 29.8 Å². The van der Waals surface area contributed by atoms with E-state index in [0.717, 1.165) is 30.8 Å². The van der Waals surface area contributed by atoms with Gasteiger partial charge in [-0.15, -0.1) is 0 Å². The first kappa shape index (κ1) is 14.9. The minimum atomic E-state index is 0.203. The molecule has 0 saturated carbocycles. The second-order valence-electron chi connectivity index (χ2n) is 5.61. The lowest BCUT2D eigenvalue weighted by Crippen LogP contribution is -2.30. The first-order valence-electron chi connectivity index (χ1n) is 7.25. The van der Waals surface area contributed by atoms with E-state index in [9.17, 15) is 4.79 Å². The maximum Gasteiger partial charge on any atom is 0.223 e. The maximum absolute atomic E-state index is 12.3. The molecule has 20 heavy (non-hydrogen) atoms. The second-order valence-corrected chi connectivity index (χ2v) is 5.61. The van der Waals surface area contributed by atoms with Crippen LogP contribution >= 0.6 is 0 Å². The Morgan fingerprint density at radius 3 is 3.00 bits per heavy atom. The van der Waals surface area contributed by atoms with Crippen LogP contribution in [0.5, 0.6) is 5.75 Å². The molecule has 1 fully saturated rings. The number of nitrogens with zero attached hydrogens (tertiary/aromatic N) is 1. The zero-order valence-electron chi connectivity index (χ0n) is 12.3. The van der Waals surface area contributed by atoms with Gasteiger partial charge in [0.1, 0.15) is 5.75 Å². The van der Waals surface area contributed by atoms with E-state index < -0.39 is 0 Å². The summed E-state index contributed by atoms with van der Waals surface area (Å²) < 4.78 is 5.23. The minimum absolute atomic E-state index is 0.203. The molecule has 0 aromatic heterocycles. The fourth-order valence-electron chi connectivity index (χ4n) is 2.71. The molecule has 1 amide bonds. The average Bonchev–Trinajstić information content (AvgIpc) is 2.96. The van der Waals surface area contributed by atoms with Crippen LogP contribution in [0.25, 0.3) is 0 Å². The quantitative estimate of drug-likeness (QED) is 0.895. The Kier molecular flexibility index (Phi) is 5.01. The van der Waals surface area contributed by atoms with Gasteiger partial charge in [-0.2, -0.15) is 0 Å². The second kappa shape index (κ2) is 6.75. The van der Waals surface area contributed by atoms with E-state index in [1.165, 1.54) is 0 Å². The van der Waals surface area contributed by atoms with Crippen molar-refractivity contribution in [2.45, 2.75) is 25.7 Å². The lowest BCUT2D eigenvalue weighted by atomic mass is 9.97. The SMILES string of the molecule is COc1cccc(C(C)CC(=O)N2CCC(CN)C2)c1. The summed E-state index contributed by atoms with van der Waals surface area (Å²) in [6.45, 7) is 4.43. The molecule has 110 valence electrons. The van der Waals surface area contributed by atoms with Crippen molar-refractivity contribution in [2.24, 2.45) is 11.7 Å². The number of carbonyl (C=O) groups excluding carboxylic acids is 1. The fraction of sp³-hybridized carbons (Fsp3) is 0.562. The molecule has 1 aliphatic heterocycles. The molecule has 0 bridgehead atoms. The molecule has 0 spiro atoms. The lowest BCUT2D eigenvalue weighted by molar-refractivity contribution is -0.130. The van der Waals surface area contributed by atoms with Crippen molar-refractivity contribution in [3.8, 4) is 5.75 Å². The zero-order valence-corrected chi connectivity index (χ0v) is 12.3. The third kappa shape index (κ3) is 3.51. The van der Waals surface area contributed by atoms with Gasteiger partial charge in [0.05, 0.1) is 7.11 Å². The summed E-state index contributed by atoms with van der Waals surface area (Å²) in [6.07, 6.45) is 1.58. The summed E-state index contributed by atoms with van der Waals surface area (Å²) in [5.74, 6) is 1.75. The summed E-state index contributed by atoms with van der Waals surface area (Å²) in [7, 11) is 1.66. The van der Waals surface area contributed by atoms with E-state index in [1.54, 1.807) is 7.11 Å². The van der Waals surface area contributed by atoms with Crippen molar-refractivity contribution in [1.29, 1.82) is 0 Å². The van der Waals surface area contributed by atoms with E-state index >= 15 is 0 Å². The van der Waals surface area contributed by atoms with Gasteiger partial charge in [-0.3, -0.25) is 4.79 Å². The molecular weight excluding hydrogens is 252 g/mol. The molecule has 0 radical (unpaired) electrons. The number of carbonyl (C=O) groups is 1. The molecule has 1 aromatic carbocycles. The first-order valence-corrected chi connectivity index (χ1v) is 7.25. The minimum Gasteiger partial charge on any atom is -0.497 e. The van der Waals surface area contributed by atoms with Crippen LogP contribution in [0.15, 0.2) is 24.3 Å². The van der Waals surface area contributed by atoms with Crippen molar-refractivity contribution in [2.75, 3.05) is 26.7 Å². The summed E-state index contributed by atoms with van der Waals surface area (Å²) in [5, 5.41) is 0. The number of benzene rings is 1. The van der Waals surface area contributed by atoms with Gasteiger partial charge in [0.2, 0.25) is 5.91 Å². The van der Waals surface area contributed by atoms with Crippen molar-refractivity contribution >= 4 is 5.91 Å². The van der Waals surface area contributed by atoms with Gasteiger partial charge in [-0.1, -0.05) is 19.1 Å². The van der Waals surface area contributed by atoms with Gasteiger partial charge < -0.3 is 15.4 Å². The third-order valence-corrected chi connectivity index (χ3v) is 4.12. The highest BCUT2D eigenvalue weighted by Crippen LogP contribution is 2.25. The van der Waals surface area contributed by atoms with Crippen LogP contribution in [0.3, 0.4) is 0 Å². The molecule has 2 atom stereocenters. The number of nitrogens with two attached hydrogens (primary N) is 1. The topological polar surface area (TPSA) is 55.6 Å². The van der Waals surface area contributed by atoms with Crippen LogP contribution in [-0.2, 0) is 4.79 Å². The Morgan fingerprint density at radius 1 is 1.55 bits per heavy atom. The average molecular weight is 276 g/mol. The Labute approximate surface area is 120 Å². The molecule has 2 N–H and O–H groups in total. The maximum atomic E-state index is 12.3. The van der Waals surface area contributed by atoms with Crippen molar-refractivity contribution in [3.63, 3.8) is 0 Å². The highest BCUT2D eigenvalue weighted by molar-refractivity contribution is 5.77. The van der Waals surface area contributed by atoms with Crippen LogP contribution in [0.4, 0.5) is 0 Å². The predicted molar refractivity (Wildman–Crippen MR) is 79.8 cm³/mol. The van der Waals surface area contributed by atoms with Gasteiger partial charge in [0.25, 0.3) is 0 Å². The number of methoxy groups -OCH3 is 1. The predicted octanol–water partition coefficient (Wildman–Crippen LogP) is 2.00. The van der Waals surface area contributed by atoms with Gasteiger partial charge in [0.15, 0.2) is 0 Å². The number of hydrogen-bond donors (Lipinski definition) is 1. The highest BCUT2D eigenvalue weighted by atomic mass is 16.5. The molecule has 1 aromatic rings. The standard InChI is InChI=1S/C16H24N2O2/c1-12(14-4-3-5-15(9-14)20-2)8-16(19)18-7-6-13(10-17)11-18/h3-5,9,12-13H,6-8,10-11,17H2,1-2H3. The number of rotatable bonds is 5. The number of amides is 1. The number of ether oxygens (including phenoxy) is 1. The zero-order chi connectivity index (χ0) is 14.5. The molecule has 2 rings (SSSR count). The largest absolute Gasteiger partial charge is 0.497 e. The first-order chi connectivity index (χ1) is 9.63. The third-order valence-electron chi connectivity index (χ3n) is 4.12. The highest BCUT2D eigenvalue weighted by Gasteiger charge is 2.26. The summed E-state index contributed by atoms with van der Waals surface area (Å²) in [6, 6.07) is 7.94. The van der Waals surface area contributed by atoms with Crippen LogP contribution in [0.1, 0.15) is 31.2 Å².